The fourth-order valence-corrected chi connectivity index (χ4v) is 2.13. The predicted octanol–water partition coefficient (Wildman–Crippen LogP) is 3.03. The molecular formula is C14H10ClF2N5O. The number of benzene rings is 1. The van der Waals surface area contributed by atoms with E-state index in [0.29, 0.717) is 11.6 Å². The van der Waals surface area contributed by atoms with E-state index in [-0.39, 0.29) is 22.1 Å². The summed E-state index contributed by atoms with van der Waals surface area (Å²) < 4.78 is 27.8. The first kappa shape index (κ1) is 15.3. The second-order valence-electron chi connectivity index (χ2n) is 4.56. The molecular weight excluding hydrogens is 328 g/mol. The number of aromatic amines is 1. The molecule has 0 aliphatic heterocycles. The molecule has 0 bridgehead atoms. The highest BCUT2D eigenvalue weighted by atomic mass is 35.5. The molecule has 9 heteroatoms. The highest BCUT2D eigenvalue weighted by Gasteiger charge is 2.16. The van der Waals surface area contributed by atoms with Crippen LogP contribution in [-0.4, -0.2) is 25.3 Å². The van der Waals surface area contributed by atoms with Crippen LogP contribution in [0.1, 0.15) is 5.56 Å². The van der Waals surface area contributed by atoms with Gasteiger partial charge in [0.2, 0.25) is 5.28 Å². The van der Waals surface area contributed by atoms with Crippen LogP contribution in [0.15, 0.2) is 30.5 Å². The van der Waals surface area contributed by atoms with Crippen molar-refractivity contribution in [3.05, 3.63) is 52.9 Å². The van der Waals surface area contributed by atoms with Gasteiger partial charge in [-0.15, -0.1) is 0 Å². The maximum absolute atomic E-state index is 14.0. The minimum absolute atomic E-state index is 0.000898. The monoisotopic (exact) mass is 337 g/mol. The summed E-state index contributed by atoms with van der Waals surface area (Å²) in [6.45, 7) is -0.576. The average Bonchev–Trinajstić information content (AvgIpc) is 2.98. The van der Waals surface area contributed by atoms with E-state index in [1.807, 2.05) is 0 Å². The number of hydrogen-bond donors (Lipinski definition) is 3. The molecule has 3 N–H and O–H groups in total. The van der Waals surface area contributed by atoms with Crippen molar-refractivity contribution in [3.8, 4) is 11.3 Å². The molecule has 3 rings (SSSR count). The molecule has 118 valence electrons. The Bertz CT molecular complexity index is 855. The number of halogens is 3. The number of aliphatic hydroxyl groups excluding tert-OH is 1. The summed E-state index contributed by atoms with van der Waals surface area (Å²) in [5, 5.41) is 18.4. The SMILES string of the molecule is OCc1ccc(-c2cc(Nc3ccnc(Cl)n3)n[nH]2)c(F)c1F. The molecule has 0 spiro atoms. The van der Waals surface area contributed by atoms with Crippen LogP contribution < -0.4 is 5.32 Å². The van der Waals surface area contributed by atoms with Crippen molar-refractivity contribution in [1.29, 1.82) is 0 Å². The second kappa shape index (κ2) is 6.27. The van der Waals surface area contributed by atoms with Gasteiger partial charge in [-0.25, -0.2) is 18.7 Å². The maximum atomic E-state index is 14.0. The Morgan fingerprint density at radius 2 is 2.00 bits per heavy atom. The van der Waals surface area contributed by atoms with Crippen LogP contribution in [0.25, 0.3) is 11.3 Å². The summed E-state index contributed by atoms with van der Waals surface area (Å²) in [6, 6.07) is 5.75. The van der Waals surface area contributed by atoms with E-state index in [1.54, 1.807) is 6.07 Å². The van der Waals surface area contributed by atoms with Crippen molar-refractivity contribution in [1.82, 2.24) is 20.2 Å². The number of anilines is 2. The van der Waals surface area contributed by atoms with Gasteiger partial charge in [-0.05, 0) is 23.7 Å². The van der Waals surface area contributed by atoms with Crippen molar-refractivity contribution < 1.29 is 13.9 Å². The van der Waals surface area contributed by atoms with Gasteiger partial charge < -0.3 is 10.4 Å². The van der Waals surface area contributed by atoms with E-state index in [2.05, 4.69) is 25.5 Å². The van der Waals surface area contributed by atoms with Crippen LogP contribution in [0.2, 0.25) is 5.28 Å². The highest BCUT2D eigenvalue weighted by molar-refractivity contribution is 6.28. The van der Waals surface area contributed by atoms with Crippen LogP contribution in [0, 0.1) is 11.6 Å². The van der Waals surface area contributed by atoms with E-state index in [9.17, 15) is 8.78 Å². The molecule has 0 aliphatic carbocycles. The Labute approximate surface area is 134 Å². The fraction of sp³-hybridized carbons (Fsp3) is 0.0714. The lowest BCUT2D eigenvalue weighted by Crippen LogP contribution is -1.97. The quantitative estimate of drug-likeness (QED) is 0.637. The number of rotatable bonds is 4. The van der Waals surface area contributed by atoms with Crippen molar-refractivity contribution in [2.75, 3.05) is 5.32 Å². The molecule has 0 aliphatic rings. The predicted molar refractivity (Wildman–Crippen MR) is 80.2 cm³/mol. The van der Waals surface area contributed by atoms with Crippen LogP contribution in [-0.2, 0) is 6.61 Å². The lowest BCUT2D eigenvalue weighted by molar-refractivity contribution is 0.273. The minimum atomic E-state index is -1.09. The Kier molecular flexibility index (Phi) is 4.18. The number of nitrogens with zero attached hydrogens (tertiary/aromatic N) is 3. The van der Waals surface area contributed by atoms with Crippen molar-refractivity contribution >= 4 is 23.2 Å². The van der Waals surface area contributed by atoms with E-state index >= 15 is 0 Å². The summed E-state index contributed by atoms with van der Waals surface area (Å²) >= 11 is 5.68. The van der Waals surface area contributed by atoms with Gasteiger partial charge in [0.25, 0.3) is 0 Å². The second-order valence-corrected chi connectivity index (χ2v) is 4.90. The summed E-state index contributed by atoms with van der Waals surface area (Å²) in [5.74, 6) is -1.39. The number of nitrogens with one attached hydrogen (secondary N) is 2. The molecule has 3 aromatic rings. The van der Waals surface area contributed by atoms with Gasteiger partial charge >= 0.3 is 0 Å². The topological polar surface area (TPSA) is 86.7 Å². The van der Waals surface area contributed by atoms with Crippen LogP contribution in [0.5, 0.6) is 0 Å². The molecule has 0 radical (unpaired) electrons. The molecule has 0 fully saturated rings. The summed E-state index contributed by atoms with van der Waals surface area (Å²) in [7, 11) is 0. The van der Waals surface area contributed by atoms with Gasteiger partial charge in [-0.2, -0.15) is 5.10 Å². The van der Waals surface area contributed by atoms with Crippen molar-refractivity contribution in [2.24, 2.45) is 0 Å². The number of hydrogen-bond acceptors (Lipinski definition) is 5. The summed E-state index contributed by atoms with van der Waals surface area (Å²) in [4.78, 5) is 7.68. The third kappa shape index (κ3) is 3.13. The fourth-order valence-electron chi connectivity index (χ4n) is 1.98. The van der Waals surface area contributed by atoms with E-state index in [4.69, 9.17) is 16.7 Å². The Morgan fingerprint density at radius 3 is 2.74 bits per heavy atom. The number of aromatic nitrogens is 4. The third-order valence-electron chi connectivity index (χ3n) is 3.08. The summed E-state index contributed by atoms with van der Waals surface area (Å²) in [6.07, 6.45) is 1.47. The Balaban J connectivity index is 1.89. The van der Waals surface area contributed by atoms with Gasteiger partial charge in [0, 0.05) is 23.4 Å². The zero-order valence-corrected chi connectivity index (χ0v) is 12.3. The molecule has 0 atom stereocenters. The van der Waals surface area contributed by atoms with Crippen LogP contribution in [0.4, 0.5) is 20.4 Å². The van der Waals surface area contributed by atoms with Crippen LogP contribution >= 0.6 is 11.6 Å². The zero-order chi connectivity index (χ0) is 16.4. The largest absolute Gasteiger partial charge is 0.392 e. The molecule has 23 heavy (non-hydrogen) atoms. The van der Waals surface area contributed by atoms with Gasteiger partial charge in [-0.1, -0.05) is 6.07 Å². The normalized spacial score (nSPS) is 10.8. The zero-order valence-electron chi connectivity index (χ0n) is 11.5. The minimum Gasteiger partial charge on any atom is -0.392 e. The molecule has 1 aromatic carbocycles. The Morgan fingerprint density at radius 1 is 1.17 bits per heavy atom. The standard InChI is InChI=1S/C14H10ClF2N5O/c15-14-18-4-3-10(20-14)19-11-5-9(21-22-11)8-2-1-7(6-23)12(16)13(8)17/h1-5,23H,6H2,(H2,18,19,20,21,22). The van der Waals surface area contributed by atoms with Gasteiger partial charge in [-0.3, -0.25) is 5.10 Å². The molecule has 2 aromatic heterocycles. The third-order valence-corrected chi connectivity index (χ3v) is 3.27. The first-order valence-corrected chi connectivity index (χ1v) is 6.85. The molecule has 2 heterocycles. The van der Waals surface area contributed by atoms with Gasteiger partial charge in [0.1, 0.15) is 5.82 Å². The lowest BCUT2D eigenvalue weighted by Gasteiger charge is -2.04. The molecule has 0 saturated heterocycles. The average molecular weight is 338 g/mol. The first-order chi connectivity index (χ1) is 11.1. The van der Waals surface area contributed by atoms with Crippen molar-refractivity contribution in [2.45, 2.75) is 6.61 Å². The first-order valence-electron chi connectivity index (χ1n) is 6.47. The lowest BCUT2D eigenvalue weighted by atomic mass is 10.1. The maximum Gasteiger partial charge on any atom is 0.224 e. The van der Waals surface area contributed by atoms with E-state index in [0.717, 1.165) is 0 Å². The van der Waals surface area contributed by atoms with Crippen LogP contribution in [0.3, 0.4) is 0 Å². The van der Waals surface area contributed by atoms with E-state index < -0.39 is 18.2 Å². The molecule has 6 nitrogen and oxygen atoms in total. The number of H-pyrrole nitrogens is 1. The summed E-state index contributed by atoms with van der Waals surface area (Å²) in [5.41, 5.74) is 0.161. The van der Waals surface area contributed by atoms with E-state index in [1.165, 1.54) is 24.4 Å². The molecule has 0 saturated carbocycles. The molecule has 0 unspecified atom stereocenters. The number of aliphatic hydroxyl groups is 1. The molecule has 0 amide bonds. The van der Waals surface area contributed by atoms with Gasteiger partial charge in [0.05, 0.1) is 12.3 Å². The van der Waals surface area contributed by atoms with Gasteiger partial charge in [0.15, 0.2) is 17.5 Å². The smallest absolute Gasteiger partial charge is 0.224 e. The Hall–Kier alpha value is -2.58. The highest BCUT2D eigenvalue weighted by Crippen LogP contribution is 2.27. The van der Waals surface area contributed by atoms with Crippen molar-refractivity contribution in [3.63, 3.8) is 0 Å².